The first-order valence-corrected chi connectivity index (χ1v) is 20.5. The van der Waals surface area contributed by atoms with Crippen LogP contribution in [0.25, 0.3) is 0 Å². The zero-order valence-corrected chi connectivity index (χ0v) is 33.3. The number of hydrogen-bond acceptors (Lipinski definition) is 12. The Kier molecular flexibility index (Phi) is 24.8. The highest BCUT2D eigenvalue weighted by atomic mass is 16.6. The Balaban J connectivity index is 2.12. The molecule has 0 aliphatic rings. The average molecular weight is 797 g/mol. The molecule has 0 amide bonds. The van der Waals surface area contributed by atoms with E-state index in [0.717, 1.165) is 51.4 Å². The molecule has 56 heavy (non-hydrogen) atoms. The van der Waals surface area contributed by atoms with Crippen LogP contribution in [0.4, 0.5) is 0 Å². The van der Waals surface area contributed by atoms with E-state index < -0.39 is 84.6 Å². The van der Waals surface area contributed by atoms with Crippen LogP contribution in [0, 0.1) is 0 Å². The smallest absolute Gasteiger partial charge is 0.338 e. The van der Waals surface area contributed by atoms with Gasteiger partial charge in [-0.25, -0.2) is 47.5 Å². The molecule has 2 aromatic heterocycles. The molecule has 0 aromatic carbocycles. The number of aromatic amines is 4. The summed E-state index contributed by atoms with van der Waals surface area (Å²) in [5, 5.41) is 0. The van der Waals surface area contributed by atoms with E-state index in [-0.39, 0.29) is 13.2 Å². The number of nitrogens with one attached hydrogen (secondary N) is 4. The zero-order chi connectivity index (χ0) is 41.0. The van der Waals surface area contributed by atoms with Crippen molar-refractivity contribution >= 4 is 11.9 Å². The van der Waals surface area contributed by atoms with Gasteiger partial charge in [0.1, 0.15) is 13.2 Å². The lowest BCUT2D eigenvalue weighted by atomic mass is 10.1. The first-order chi connectivity index (χ1) is 27.1. The lowest BCUT2D eigenvalue weighted by Crippen LogP contribution is -2.47. The van der Waals surface area contributed by atoms with E-state index in [1.54, 1.807) is 0 Å². The summed E-state index contributed by atoms with van der Waals surface area (Å²) < 4.78 is 23.9. The summed E-state index contributed by atoms with van der Waals surface area (Å²) >= 11 is 0. The second-order valence-corrected chi connectivity index (χ2v) is 14.0. The van der Waals surface area contributed by atoms with Crippen LogP contribution in [0.2, 0.25) is 0 Å². The van der Waals surface area contributed by atoms with Gasteiger partial charge in [0.15, 0.2) is 12.2 Å². The van der Waals surface area contributed by atoms with E-state index in [1.807, 2.05) is 19.9 Å². The molecule has 0 fully saturated rings. The summed E-state index contributed by atoms with van der Waals surface area (Å²) in [5.74, 6) is -2.02. The van der Waals surface area contributed by atoms with E-state index in [2.05, 4.69) is 13.8 Å². The third kappa shape index (κ3) is 19.5. The zero-order valence-electron chi connectivity index (χ0n) is 33.3. The van der Waals surface area contributed by atoms with E-state index in [4.69, 9.17) is 18.9 Å². The van der Waals surface area contributed by atoms with Crippen LogP contribution in [-0.2, 0) is 41.6 Å². The lowest BCUT2D eigenvalue weighted by Gasteiger charge is -2.25. The van der Waals surface area contributed by atoms with Crippen molar-refractivity contribution in [3.05, 3.63) is 62.9 Å². The molecule has 2 heterocycles. The van der Waals surface area contributed by atoms with Crippen LogP contribution >= 0.6 is 0 Å². The van der Waals surface area contributed by atoms with Gasteiger partial charge in [0.25, 0.3) is 0 Å². The molecule has 0 aliphatic carbocycles. The number of aromatic nitrogens is 6. The molecule has 18 nitrogen and oxygen atoms in total. The minimum atomic E-state index is -1.60. The van der Waals surface area contributed by atoms with Crippen molar-refractivity contribution in [2.24, 2.45) is 0 Å². The first kappa shape index (κ1) is 47.8. The highest BCUT2D eigenvalue weighted by Gasteiger charge is 2.38. The monoisotopic (exact) mass is 796 g/mol. The number of hydrogen-bond donors (Lipinski definition) is 4. The van der Waals surface area contributed by atoms with E-state index in [0.29, 0.717) is 22.0 Å². The maximum atomic E-state index is 13.5. The molecular weight excluding hydrogens is 732 g/mol. The molecule has 4 N–H and O–H groups in total. The maximum absolute atomic E-state index is 13.5. The van der Waals surface area contributed by atoms with Crippen molar-refractivity contribution in [3.8, 4) is 0 Å². The summed E-state index contributed by atoms with van der Waals surface area (Å²) in [7, 11) is 0. The van der Waals surface area contributed by atoms with Crippen LogP contribution in [-0.4, -0.2) is 79.6 Å². The van der Waals surface area contributed by atoms with Gasteiger partial charge in [-0.3, -0.25) is 19.9 Å². The normalized spacial score (nSPS) is 12.4. The van der Waals surface area contributed by atoms with Crippen molar-refractivity contribution in [1.82, 2.24) is 29.1 Å². The predicted octanol–water partition coefficient (Wildman–Crippen LogP) is 3.16. The molecule has 0 spiro atoms. The van der Waals surface area contributed by atoms with E-state index >= 15 is 0 Å². The minimum absolute atomic E-state index is 0.0862. The van der Waals surface area contributed by atoms with E-state index in [1.165, 1.54) is 64.2 Å². The van der Waals surface area contributed by atoms with Gasteiger partial charge in [-0.05, 0) is 12.8 Å². The Labute approximate surface area is 326 Å². The summed E-state index contributed by atoms with van der Waals surface area (Å²) in [4.78, 5) is 106. The highest BCUT2D eigenvalue weighted by Crippen LogP contribution is 2.16. The summed E-state index contributed by atoms with van der Waals surface area (Å²) in [6.07, 6.45) is 18.2. The number of unbranched alkanes of at least 4 members (excludes halogenated alkanes) is 18. The average Bonchev–Trinajstić information content (AvgIpc) is 3.15. The molecule has 18 heteroatoms. The topological polar surface area (TPSA) is 246 Å². The molecule has 0 saturated heterocycles. The van der Waals surface area contributed by atoms with Gasteiger partial charge in [0.05, 0.1) is 13.1 Å². The van der Waals surface area contributed by atoms with Crippen molar-refractivity contribution in [2.75, 3.05) is 26.4 Å². The van der Waals surface area contributed by atoms with Gasteiger partial charge in [0, 0.05) is 13.2 Å². The van der Waals surface area contributed by atoms with Crippen molar-refractivity contribution in [3.63, 3.8) is 0 Å². The minimum Gasteiger partial charge on any atom is -0.462 e. The molecule has 2 atom stereocenters. The summed E-state index contributed by atoms with van der Waals surface area (Å²) in [6.45, 7) is 2.77. The van der Waals surface area contributed by atoms with Crippen LogP contribution in [0.5, 0.6) is 0 Å². The number of ether oxygens (including phenoxy) is 4. The third-order valence-corrected chi connectivity index (χ3v) is 9.31. The number of esters is 2. The molecular formula is C38H64N6O12. The van der Waals surface area contributed by atoms with Crippen molar-refractivity contribution in [2.45, 2.75) is 168 Å². The second kappa shape index (κ2) is 29.0. The van der Waals surface area contributed by atoms with Gasteiger partial charge < -0.3 is 18.9 Å². The largest absolute Gasteiger partial charge is 0.462 e. The second-order valence-electron chi connectivity index (χ2n) is 14.0. The quantitative estimate of drug-likeness (QED) is 0.0601. The molecule has 0 bridgehead atoms. The highest BCUT2D eigenvalue weighted by molar-refractivity contribution is 5.85. The summed E-state index contributed by atoms with van der Waals surface area (Å²) in [5.41, 5.74) is -5.94. The van der Waals surface area contributed by atoms with Gasteiger partial charge in [-0.15, -0.1) is 0 Å². The maximum Gasteiger partial charge on any atom is 0.338 e. The molecule has 0 radical (unpaired) electrons. The number of H-pyrrole nitrogens is 4. The Bertz CT molecular complexity index is 1560. The Morgan fingerprint density at radius 1 is 0.429 bits per heavy atom. The van der Waals surface area contributed by atoms with Crippen LogP contribution in [0.15, 0.2) is 28.8 Å². The number of rotatable bonds is 33. The fourth-order valence-corrected chi connectivity index (χ4v) is 6.11. The number of carbonyl (C=O) groups is 2. The van der Waals surface area contributed by atoms with Gasteiger partial charge >= 0.3 is 46.1 Å². The lowest BCUT2D eigenvalue weighted by molar-refractivity contribution is -0.184. The number of nitrogens with zero attached hydrogens (tertiary/aromatic N) is 2. The fraction of sp³-hybridized carbons (Fsp3) is 0.789. The Hall–Kier alpha value is -4.32. The molecule has 0 aliphatic heterocycles. The fourth-order valence-electron chi connectivity index (χ4n) is 6.11. The SMILES string of the molecule is CCCCCCCCCCCCO[C@H](C(=O)OCCn1c(=O)[nH]c(=O)[nH]c1=O)[C@H](OCCCCCCCCCCCC)C(=O)OCCn1c(=O)[nH]c(=O)[nH]c1=O. The Morgan fingerprint density at radius 2 is 0.696 bits per heavy atom. The number of carbonyl (C=O) groups excluding carboxylic acids is 2. The molecule has 318 valence electrons. The standard InChI is InChI=1S/C38H64N6O12/c1-3-5-7-9-11-13-15-17-19-21-25-53-29(31(45)55-27-23-43-35(49)39-33(47)40-36(43)50)30(54-26-22-20-18-16-14-12-10-8-6-4-2)32(46)56-28-24-44-37(51)41-34(48)42-38(44)52/h29-30H,3-28H2,1-2H3,(H2,39,40,47,49,50)(H2,41,42,48,51,52)/t29-,30-/m0/s1. The predicted molar refractivity (Wildman–Crippen MR) is 209 cm³/mol. The van der Waals surface area contributed by atoms with Crippen molar-refractivity contribution < 1.29 is 28.5 Å². The molecule has 2 rings (SSSR count). The van der Waals surface area contributed by atoms with Crippen LogP contribution in [0.3, 0.4) is 0 Å². The van der Waals surface area contributed by atoms with Gasteiger partial charge in [0.2, 0.25) is 0 Å². The third-order valence-electron chi connectivity index (χ3n) is 9.31. The molecule has 0 saturated carbocycles. The van der Waals surface area contributed by atoms with Crippen molar-refractivity contribution in [1.29, 1.82) is 0 Å². The first-order valence-electron chi connectivity index (χ1n) is 20.5. The van der Waals surface area contributed by atoms with Crippen LogP contribution in [0.1, 0.15) is 142 Å². The summed E-state index contributed by atoms with van der Waals surface area (Å²) in [6, 6.07) is 0. The van der Waals surface area contributed by atoms with E-state index in [9.17, 15) is 38.4 Å². The Morgan fingerprint density at radius 3 is 0.982 bits per heavy atom. The van der Waals surface area contributed by atoms with Gasteiger partial charge in [-0.1, -0.05) is 129 Å². The molecule has 2 aromatic rings. The van der Waals surface area contributed by atoms with Gasteiger partial charge in [-0.2, -0.15) is 0 Å². The van der Waals surface area contributed by atoms with Crippen LogP contribution < -0.4 is 34.1 Å². The molecule has 0 unspecified atom stereocenters.